The van der Waals surface area contributed by atoms with Gasteiger partial charge in [-0.3, -0.25) is 4.79 Å². The summed E-state index contributed by atoms with van der Waals surface area (Å²) in [5, 5.41) is 9.29. The molecule has 1 aromatic rings. The molecule has 0 aliphatic heterocycles. The standard InChI is InChI=1S/C12H16O2/c1-3-4-5-12(14)10-6-7-11(13)9(2)8-10/h6-8,13H,3-5H2,1-2H3. The van der Waals surface area contributed by atoms with Crippen LogP contribution in [0.15, 0.2) is 18.2 Å². The molecule has 0 spiro atoms. The summed E-state index contributed by atoms with van der Waals surface area (Å²) in [5.41, 5.74) is 1.46. The van der Waals surface area contributed by atoms with Crippen molar-refractivity contribution in [2.24, 2.45) is 0 Å². The molecule has 1 rings (SSSR count). The monoisotopic (exact) mass is 192 g/mol. The summed E-state index contributed by atoms with van der Waals surface area (Å²) in [7, 11) is 0. The minimum Gasteiger partial charge on any atom is -0.508 e. The second-order valence-electron chi connectivity index (χ2n) is 3.53. The van der Waals surface area contributed by atoms with E-state index in [1.165, 1.54) is 0 Å². The number of carbonyl (C=O) groups excluding carboxylic acids is 1. The number of phenolic OH excluding ortho intramolecular Hbond substituents is 1. The first kappa shape index (κ1) is 10.8. The number of carbonyl (C=O) groups is 1. The van der Waals surface area contributed by atoms with Crippen molar-refractivity contribution < 1.29 is 9.90 Å². The number of hydrogen-bond donors (Lipinski definition) is 1. The summed E-state index contributed by atoms with van der Waals surface area (Å²) >= 11 is 0. The predicted molar refractivity (Wildman–Crippen MR) is 56.7 cm³/mol. The van der Waals surface area contributed by atoms with Gasteiger partial charge in [0.15, 0.2) is 5.78 Å². The Labute approximate surface area is 84.6 Å². The zero-order valence-corrected chi connectivity index (χ0v) is 8.71. The van der Waals surface area contributed by atoms with Gasteiger partial charge >= 0.3 is 0 Å². The number of hydrogen-bond acceptors (Lipinski definition) is 2. The largest absolute Gasteiger partial charge is 0.508 e. The Morgan fingerprint density at radius 1 is 1.43 bits per heavy atom. The van der Waals surface area contributed by atoms with E-state index in [-0.39, 0.29) is 11.5 Å². The van der Waals surface area contributed by atoms with E-state index in [0.29, 0.717) is 12.0 Å². The van der Waals surface area contributed by atoms with Crippen LogP contribution in [0.5, 0.6) is 5.75 Å². The highest BCUT2D eigenvalue weighted by Gasteiger charge is 2.06. The third-order valence-corrected chi connectivity index (χ3v) is 2.28. The third-order valence-electron chi connectivity index (χ3n) is 2.28. The van der Waals surface area contributed by atoms with Crippen molar-refractivity contribution in [3.8, 4) is 5.75 Å². The minimum absolute atomic E-state index is 0.162. The van der Waals surface area contributed by atoms with E-state index in [0.717, 1.165) is 18.4 Å². The normalized spacial score (nSPS) is 10.1. The molecule has 1 aromatic carbocycles. The average molecular weight is 192 g/mol. The quantitative estimate of drug-likeness (QED) is 0.744. The molecule has 2 heteroatoms. The number of phenols is 1. The van der Waals surface area contributed by atoms with Crippen LogP contribution in [-0.4, -0.2) is 10.9 Å². The molecule has 0 fully saturated rings. The van der Waals surface area contributed by atoms with Crippen molar-refractivity contribution in [2.45, 2.75) is 33.1 Å². The molecule has 0 radical (unpaired) electrons. The van der Waals surface area contributed by atoms with Crippen LogP contribution in [-0.2, 0) is 0 Å². The molecule has 0 aliphatic rings. The zero-order valence-electron chi connectivity index (χ0n) is 8.71. The highest BCUT2D eigenvalue weighted by atomic mass is 16.3. The van der Waals surface area contributed by atoms with Gasteiger partial charge < -0.3 is 5.11 Å². The van der Waals surface area contributed by atoms with E-state index >= 15 is 0 Å². The van der Waals surface area contributed by atoms with Crippen LogP contribution in [0.4, 0.5) is 0 Å². The van der Waals surface area contributed by atoms with Gasteiger partial charge in [-0.05, 0) is 37.1 Å². The average Bonchev–Trinajstić information content (AvgIpc) is 2.18. The molecule has 0 saturated carbocycles. The van der Waals surface area contributed by atoms with Gasteiger partial charge in [-0.2, -0.15) is 0 Å². The SMILES string of the molecule is CCCCC(=O)c1ccc(O)c(C)c1. The maximum atomic E-state index is 11.6. The molecule has 2 nitrogen and oxygen atoms in total. The fraction of sp³-hybridized carbons (Fsp3) is 0.417. The molecule has 0 saturated heterocycles. The van der Waals surface area contributed by atoms with Crippen LogP contribution in [0.3, 0.4) is 0 Å². The fourth-order valence-corrected chi connectivity index (χ4v) is 1.31. The number of ketones is 1. The van der Waals surface area contributed by atoms with Crippen molar-refractivity contribution in [2.75, 3.05) is 0 Å². The Morgan fingerprint density at radius 3 is 2.71 bits per heavy atom. The molecule has 0 unspecified atom stereocenters. The van der Waals surface area contributed by atoms with Crippen molar-refractivity contribution in [1.29, 1.82) is 0 Å². The lowest BCUT2D eigenvalue weighted by Crippen LogP contribution is -1.98. The number of unbranched alkanes of at least 4 members (excludes halogenated alkanes) is 1. The van der Waals surface area contributed by atoms with E-state index < -0.39 is 0 Å². The van der Waals surface area contributed by atoms with E-state index in [1.54, 1.807) is 25.1 Å². The maximum Gasteiger partial charge on any atom is 0.162 e. The van der Waals surface area contributed by atoms with Crippen LogP contribution >= 0.6 is 0 Å². The molecule has 0 aliphatic carbocycles. The first-order valence-corrected chi connectivity index (χ1v) is 4.98. The fourth-order valence-electron chi connectivity index (χ4n) is 1.31. The topological polar surface area (TPSA) is 37.3 Å². The molecular weight excluding hydrogens is 176 g/mol. The Kier molecular flexibility index (Phi) is 3.69. The van der Waals surface area contributed by atoms with Crippen LogP contribution in [0.2, 0.25) is 0 Å². The van der Waals surface area contributed by atoms with Crippen LogP contribution in [0, 0.1) is 6.92 Å². The molecule has 0 bridgehead atoms. The van der Waals surface area contributed by atoms with Crippen molar-refractivity contribution in [1.82, 2.24) is 0 Å². The van der Waals surface area contributed by atoms with Gasteiger partial charge in [-0.1, -0.05) is 13.3 Å². The maximum absolute atomic E-state index is 11.6. The summed E-state index contributed by atoms with van der Waals surface area (Å²) in [6, 6.07) is 5.00. The molecule has 0 heterocycles. The smallest absolute Gasteiger partial charge is 0.162 e. The Bertz CT molecular complexity index is 329. The number of benzene rings is 1. The predicted octanol–water partition coefficient (Wildman–Crippen LogP) is 3.07. The second kappa shape index (κ2) is 4.80. The van der Waals surface area contributed by atoms with Crippen LogP contribution in [0.25, 0.3) is 0 Å². The summed E-state index contributed by atoms with van der Waals surface area (Å²) < 4.78 is 0. The molecule has 1 N–H and O–H groups in total. The van der Waals surface area contributed by atoms with Crippen molar-refractivity contribution in [3.05, 3.63) is 29.3 Å². The third kappa shape index (κ3) is 2.59. The summed E-state index contributed by atoms with van der Waals surface area (Å²) in [6.45, 7) is 3.86. The highest BCUT2D eigenvalue weighted by molar-refractivity contribution is 5.96. The summed E-state index contributed by atoms with van der Waals surface area (Å²) in [4.78, 5) is 11.6. The van der Waals surface area contributed by atoms with Crippen molar-refractivity contribution in [3.63, 3.8) is 0 Å². The molecule has 76 valence electrons. The number of rotatable bonds is 4. The lowest BCUT2D eigenvalue weighted by Gasteiger charge is -2.02. The Morgan fingerprint density at radius 2 is 2.14 bits per heavy atom. The van der Waals surface area contributed by atoms with Crippen LogP contribution < -0.4 is 0 Å². The lowest BCUT2D eigenvalue weighted by atomic mass is 10.0. The Hall–Kier alpha value is -1.31. The molecule has 0 atom stereocenters. The van der Waals surface area contributed by atoms with Gasteiger partial charge in [0.05, 0.1) is 0 Å². The molecular formula is C12H16O2. The van der Waals surface area contributed by atoms with Gasteiger partial charge in [0.1, 0.15) is 5.75 Å². The van der Waals surface area contributed by atoms with Gasteiger partial charge in [0.2, 0.25) is 0 Å². The zero-order chi connectivity index (χ0) is 10.6. The first-order chi connectivity index (χ1) is 6.65. The van der Waals surface area contributed by atoms with Gasteiger partial charge in [-0.25, -0.2) is 0 Å². The summed E-state index contributed by atoms with van der Waals surface area (Å²) in [6.07, 6.45) is 2.56. The van der Waals surface area contributed by atoms with Crippen LogP contribution in [0.1, 0.15) is 42.1 Å². The molecule has 14 heavy (non-hydrogen) atoms. The van der Waals surface area contributed by atoms with E-state index in [4.69, 9.17) is 0 Å². The molecule has 0 aromatic heterocycles. The first-order valence-electron chi connectivity index (χ1n) is 4.98. The second-order valence-corrected chi connectivity index (χ2v) is 3.53. The number of aromatic hydroxyl groups is 1. The molecule has 0 amide bonds. The highest BCUT2D eigenvalue weighted by Crippen LogP contribution is 2.18. The van der Waals surface area contributed by atoms with Gasteiger partial charge in [0, 0.05) is 12.0 Å². The number of Topliss-reactive ketones (excluding diaryl/α,β-unsaturated/α-hetero) is 1. The Balaban J connectivity index is 2.76. The lowest BCUT2D eigenvalue weighted by molar-refractivity contribution is 0.0979. The van der Waals surface area contributed by atoms with Gasteiger partial charge in [-0.15, -0.1) is 0 Å². The summed E-state index contributed by atoms with van der Waals surface area (Å²) in [5.74, 6) is 0.409. The number of aryl methyl sites for hydroxylation is 1. The van der Waals surface area contributed by atoms with Crippen molar-refractivity contribution >= 4 is 5.78 Å². The minimum atomic E-state index is 0.162. The van der Waals surface area contributed by atoms with Gasteiger partial charge in [0.25, 0.3) is 0 Å². The van der Waals surface area contributed by atoms with E-state index in [2.05, 4.69) is 6.92 Å². The van der Waals surface area contributed by atoms with E-state index in [1.807, 2.05) is 0 Å². The van der Waals surface area contributed by atoms with E-state index in [9.17, 15) is 9.90 Å².